The molecule has 192 valence electrons. The van der Waals surface area contributed by atoms with Crippen molar-refractivity contribution in [2.24, 2.45) is 17.8 Å². The lowest BCUT2D eigenvalue weighted by Crippen LogP contribution is -2.30. The van der Waals surface area contributed by atoms with Gasteiger partial charge in [-0.15, -0.1) is 13.2 Å². The van der Waals surface area contributed by atoms with E-state index in [-0.39, 0.29) is 11.6 Å². The van der Waals surface area contributed by atoms with Crippen LogP contribution in [0.1, 0.15) is 95.5 Å². The average molecular weight is 491 g/mol. The Labute approximate surface area is 207 Å². The summed E-state index contributed by atoms with van der Waals surface area (Å²) in [4.78, 5) is 0. The van der Waals surface area contributed by atoms with Crippen molar-refractivity contribution >= 4 is 0 Å². The highest BCUT2D eigenvalue weighted by Crippen LogP contribution is 2.48. The minimum Gasteiger partial charge on any atom is -0.406 e. The van der Waals surface area contributed by atoms with Crippen LogP contribution in [0.4, 0.5) is 17.6 Å². The summed E-state index contributed by atoms with van der Waals surface area (Å²) < 4.78 is 56.1. The second-order valence-electron chi connectivity index (χ2n) is 10.7. The standard InChI is InChI=1S/C30H38F4O/c1-2-3-4-5-6-7-21-8-9-24-19-25(11-10-23(24)18-21)26-14-17-28(29(31)20-26)22-12-15-27(16-13-22)35-30(32,33)34/h12-17,20-21,23-25H,2-11,18-19H2,1H3. The largest absolute Gasteiger partial charge is 0.573 e. The molecule has 0 bridgehead atoms. The number of unbranched alkanes of at least 4 members (excludes halogenated alkanes) is 4. The molecule has 2 aliphatic carbocycles. The Morgan fingerprint density at radius 3 is 2.26 bits per heavy atom. The Kier molecular flexibility index (Phi) is 8.77. The molecule has 0 heterocycles. The molecule has 2 saturated carbocycles. The maximum absolute atomic E-state index is 15.0. The first kappa shape index (κ1) is 26.0. The molecule has 35 heavy (non-hydrogen) atoms. The highest BCUT2D eigenvalue weighted by atomic mass is 19.4. The van der Waals surface area contributed by atoms with Gasteiger partial charge < -0.3 is 4.74 Å². The molecular weight excluding hydrogens is 452 g/mol. The van der Waals surface area contributed by atoms with Gasteiger partial charge in [-0.25, -0.2) is 4.39 Å². The molecule has 0 aliphatic heterocycles. The fourth-order valence-electron chi connectivity index (χ4n) is 6.44. The molecule has 4 atom stereocenters. The Morgan fingerprint density at radius 1 is 0.829 bits per heavy atom. The second-order valence-corrected chi connectivity index (χ2v) is 10.7. The van der Waals surface area contributed by atoms with Crippen LogP contribution in [-0.2, 0) is 0 Å². The summed E-state index contributed by atoms with van der Waals surface area (Å²) in [6.45, 7) is 2.26. The van der Waals surface area contributed by atoms with Gasteiger partial charge in [0.25, 0.3) is 0 Å². The SMILES string of the molecule is CCCCCCCC1CCC2CC(c3ccc(-c4ccc(OC(F)(F)F)cc4)c(F)c3)CCC2C1. The number of rotatable bonds is 9. The maximum Gasteiger partial charge on any atom is 0.573 e. The van der Waals surface area contributed by atoms with E-state index in [9.17, 15) is 13.2 Å². The second kappa shape index (κ2) is 11.8. The van der Waals surface area contributed by atoms with E-state index in [0.717, 1.165) is 36.2 Å². The molecule has 0 spiro atoms. The lowest BCUT2D eigenvalue weighted by Gasteiger charge is -2.42. The zero-order valence-corrected chi connectivity index (χ0v) is 20.8. The third kappa shape index (κ3) is 7.24. The van der Waals surface area contributed by atoms with Gasteiger partial charge in [0.05, 0.1) is 0 Å². The van der Waals surface area contributed by atoms with Gasteiger partial charge >= 0.3 is 6.36 Å². The summed E-state index contributed by atoms with van der Waals surface area (Å²) in [6.07, 6.45) is 11.0. The van der Waals surface area contributed by atoms with Crippen molar-refractivity contribution in [1.82, 2.24) is 0 Å². The van der Waals surface area contributed by atoms with Crippen LogP contribution in [0, 0.1) is 23.6 Å². The first-order chi connectivity index (χ1) is 16.8. The number of halogens is 4. The summed E-state index contributed by atoms with van der Waals surface area (Å²) in [5.41, 5.74) is 2.00. The van der Waals surface area contributed by atoms with E-state index < -0.39 is 6.36 Å². The first-order valence-corrected chi connectivity index (χ1v) is 13.5. The molecule has 0 N–H and O–H groups in total. The van der Waals surface area contributed by atoms with E-state index in [4.69, 9.17) is 0 Å². The summed E-state index contributed by atoms with van der Waals surface area (Å²) in [7, 11) is 0. The molecule has 4 unspecified atom stereocenters. The van der Waals surface area contributed by atoms with Gasteiger partial charge in [0, 0.05) is 5.56 Å². The Bertz CT molecular complexity index is 936. The number of alkyl halides is 3. The molecule has 4 rings (SSSR count). The summed E-state index contributed by atoms with van der Waals surface area (Å²) in [6, 6.07) is 10.8. The number of benzene rings is 2. The average Bonchev–Trinajstić information content (AvgIpc) is 2.83. The van der Waals surface area contributed by atoms with Gasteiger partial charge in [0.2, 0.25) is 0 Å². The minimum absolute atomic E-state index is 0.304. The third-order valence-corrected chi connectivity index (χ3v) is 8.30. The lowest BCUT2D eigenvalue weighted by molar-refractivity contribution is -0.274. The monoisotopic (exact) mass is 490 g/mol. The van der Waals surface area contributed by atoms with Gasteiger partial charge in [0.15, 0.2) is 0 Å². The van der Waals surface area contributed by atoms with Crippen molar-refractivity contribution in [3.8, 4) is 16.9 Å². The molecule has 1 nitrogen and oxygen atoms in total. The molecule has 2 fully saturated rings. The summed E-state index contributed by atoms with van der Waals surface area (Å²) in [5, 5.41) is 0. The number of ether oxygens (including phenoxy) is 1. The van der Waals surface area contributed by atoms with Gasteiger partial charge in [-0.05, 0) is 85.1 Å². The predicted octanol–water partition coefficient (Wildman–Crippen LogP) is 10.1. The third-order valence-electron chi connectivity index (χ3n) is 8.30. The van der Waals surface area contributed by atoms with Crippen LogP contribution in [0.25, 0.3) is 11.1 Å². The minimum atomic E-state index is -4.74. The topological polar surface area (TPSA) is 9.23 Å². The van der Waals surface area contributed by atoms with Crippen LogP contribution in [0.5, 0.6) is 5.75 Å². The van der Waals surface area contributed by atoms with Crippen molar-refractivity contribution < 1.29 is 22.3 Å². The molecule has 0 saturated heterocycles. The Balaban J connectivity index is 1.31. The molecule has 2 aliphatic rings. The Hall–Kier alpha value is -2.04. The van der Waals surface area contributed by atoms with E-state index in [0.29, 0.717) is 17.0 Å². The van der Waals surface area contributed by atoms with Crippen molar-refractivity contribution in [3.05, 3.63) is 53.8 Å². The van der Waals surface area contributed by atoms with Crippen LogP contribution in [0.3, 0.4) is 0 Å². The van der Waals surface area contributed by atoms with Gasteiger partial charge in [-0.1, -0.05) is 76.1 Å². The van der Waals surface area contributed by atoms with Crippen molar-refractivity contribution in [1.29, 1.82) is 0 Å². The molecule has 5 heteroatoms. The van der Waals surface area contributed by atoms with E-state index in [1.54, 1.807) is 12.1 Å². The fourth-order valence-corrected chi connectivity index (χ4v) is 6.44. The first-order valence-electron chi connectivity index (χ1n) is 13.5. The number of hydrogen-bond donors (Lipinski definition) is 0. The summed E-state index contributed by atoms with van der Waals surface area (Å²) >= 11 is 0. The van der Waals surface area contributed by atoms with Crippen LogP contribution in [-0.4, -0.2) is 6.36 Å². The molecular formula is C30H38F4O. The molecule has 0 radical (unpaired) electrons. The van der Waals surface area contributed by atoms with Gasteiger partial charge in [0.1, 0.15) is 11.6 Å². The lowest BCUT2D eigenvalue weighted by atomic mass is 9.63. The van der Waals surface area contributed by atoms with Crippen molar-refractivity contribution in [3.63, 3.8) is 0 Å². The van der Waals surface area contributed by atoms with Crippen LogP contribution < -0.4 is 4.74 Å². The van der Waals surface area contributed by atoms with Gasteiger partial charge in [-0.2, -0.15) is 0 Å². The van der Waals surface area contributed by atoms with E-state index in [1.807, 2.05) is 6.07 Å². The predicted molar refractivity (Wildman–Crippen MR) is 133 cm³/mol. The summed E-state index contributed by atoms with van der Waals surface area (Å²) in [5.74, 6) is 2.27. The zero-order valence-electron chi connectivity index (χ0n) is 20.8. The maximum atomic E-state index is 15.0. The van der Waals surface area contributed by atoms with Crippen LogP contribution in [0.15, 0.2) is 42.5 Å². The van der Waals surface area contributed by atoms with E-state index in [1.165, 1.54) is 88.5 Å². The van der Waals surface area contributed by atoms with E-state index >= 15 is 4.39 Å². The quantitative estimate of drug-likeness (QED) is 0.251. The highest BCUT2D eigenvalue weighted by Gasteiger charge is 2.36. The molecule has 2 aromatic rings. The van der Waals surface area contributed by atoms with Crippen LogP contribution >= 0.6 is 0 Å². The fraction of sp³-hybridized carbons (Fsp3) is 0.600. The van der Waals surface area contributed by atoms with Gasteiger partial charge in [-0.3, -0.25) is 0 Å². The molecule has 0 aromatic heterocycles. The highest BCUT2D eigenvalue weighted by molar-refractivity contribution is 5.65. The molecule has 0 amide bonds. The van der Waals surface area contributed by atoms with Crippen LogP contribution in [0.2, 0.25) is 0 Å². The normalized spacial score (nSPS) is 24.7. The Morgan fingerprint density at radius 2 is 1.54 bits per heavy atom. The number of fused-ring (bicyclic) bond motifs is 1. The van der Waals surface area contributed by atoms with E-state index in [2.05, 4.69) is 11.7 Å². The smallest absolute Gasteiger partial charge is 0.406 e. The van der Waals surface area contributed by atoms with Crippen molar-refractivity contribution in [2.45, 2.75) is 96.3 Å². The zero-order chi connectivity index (χ0) is 24.8. The van der Waals surface area contributed by atoms with Crippen molar-refractivity contribution in [2.75, 3.05) is 0 Å². The number of hydrogen-bond acceptors (Lipinski definition) is 1. The molecule has 2 aromatic carbocycles.